The molecule has 0 atom stereocenters. The van der Waals surface area contributed by atoms with Crippen LogP contribution < -0.4 is 0 Å². The summed E-state index contributed by atoms with van der Waals surface area (Å²) in [6, 6.07) is 1.56. The lowest BCUT2D eigenvalue weighted by Crippen LogP contribution is -2.18. The summed E-state index contributed by atoms with van der Waals surface area (Å²) in [6.45, 7) is 1.73. The molecule has 0 aromatic carbocycles. The minimum Gasteiger partial charge on any atom is -0.462 e. The van der Waals surface area contributed by atoms with Gasteiger partial charge in [0.25, 0.3) is 0 Å². The van der Waals surface area contributed by atoms with Crippen LogP contribution in [0.5, 0.6) is 0 Å². The number of alkyl halides is 3. The van der Waals surface area contributed by atoms with Crippen molar-refractivity contribution in [2.75, 3.05) is 6.61 Å². The lowest BCUT2D eigenvalue weighted by atomic mass is 10.3. The first-order chi connectivity index (χ1) is 7.32. The second-order valence-electron chi connectivity index (χ2n) is 2.27. The van der Waals surface area contributed by atoms with Crippen LogP contribution in [0.25, 0.3) is 0 Å². The van der Waals surface area contributed by atoms with Crippen LogP contribution in [0.2, 0.25) is 0 Å². The lowest BCUT2D eigenvalue weighted by molar-refractivity contribution is -0.138. The second kappa shape index (κ2) is 7.04. The van der Waals surface area contributed by atoms with E-state index in [1.54, 1.807) is 13.0 Å². The molecule has 0 aliphatic heterocycles. The maximum atomic E-state index is 11.2. The Kier molecular flexibility index (Phi) is 6.87. The predicted octanol–water partition coefficient (Wildman–Crippen LogP) is 2.34. The first kappa shape index (κ1) is 15.6. The Bertz CT molecular complexity index is 353. The van der Waals surface area contributed by atoms with Crippen molar-refractivity contribution >= 4 is 59.7 Å². The van der Waals surface area contributed by atoms with Crippen molar-refractivity contribution in [1.82, 2.24) is 0 Å². The molecule has 0 heterocycles. The summed E-state index contributed by atoms with van der Waals surface area (Å²) in [5.41, 5.74) is -0.396. The molecule has 0 aromatic heterocycles. The highest BCUT2D eigenvalue weighted by Crippen LogP contribution is 2.34. The molecule has 0 spiro atoms. The summed E-state index contributed by atoms with van der Waals surface area (Å²) < 4.78 is 7.87. The van der Waals surface area contributed by atoms with Crippen LogP contribution in [0, 0.1) is 11.3 Å². The summed E-state index contributed by atoms with van der Waals surface area (Å²) >= 11 is 8.74. The molecule has 0 amide bonds. The number of hydrogen-bond donors (Lipinski definition) is 0. The van der Waals surface area contributed by atoms with Crippen molar-refractivity contribution in [2.24, 2.45) is 0 Å². The molecular formula is C8H6Br3NO4. The predicted molar refractivity (Wildman–Crippen MR) is 65.9 cm³/mol. The number of carbonyl (C=O) groups is 2. The Balaban J connectivity index is 4.58. The van der Waals surface area contributed by atoms with E-state index in [9.17, 15) is 9.59 Å². The highest BCUT2D eigenvalue weighted by molar-refractivity contribution is 9.40. The fourth-order valence-corrected chi connectivity index (χ4v) is 0.789. The molecule has 0 aromatic rings. The van der Waals surface area contributed by atoms with Crippen molar-refractivity contribution in [2.45, 2.75) is 9.07 Å². The number of halogens is 3. The Morgan fingerprint density at radius 3 is 2.38 bits per heavy atom. The molecule has 0 N–H and O–H groups in total. The third kappa shape index (κ3) is 5.63. The van der Waals surface area contributed by atoms with Crippen molar-refractivity contribution in [1.29, 1.82) is 5.26 Å². The third-order valence-corrected chi connectivity index (χ3v) is 2.10. The molecule has 0 saturated carbocycles. The molecule has 0 saturated heterocycles. The van der Waals surface area contributed by atoms with E-state index in [4.69, 9.17) is 5.26 Å². The van der Waals surface area contributed by atoms with E-state index in [0.29, 0.717) is 0 Å². The molecule has 0 aliphatic rings. The van der Waals surface area contributed by atoms with Crippen LogP contribution in [0.15, 0.2) is 11.8 Å². The molecule has 88 valence electrons. The maximum absolute atomic E-state index is 11.2. The Hall–Kier alpha value is -0.390. The minimum absolute atomic E-state index is 0.130. The SMILES string of the molecule is CCOC(=O)/C(C#N)=C\OC(=O)C(Br)(Br)Br. The largest absolute Gasteiger partial charge is 0.462 e. The van der Waals surface area contributed by atoms with Crippen LogP contribution in [0.3, 0.4) is 0 Å². The average molecular weight is 420 g/mol. The maximum Gasteiger partial charge on any atom is 0.352 e. The molecule has 0 fully saturated rings. The zero-order valence-corrected chi connectivity index (χ0v) is 12.8. The summed E-state index contributed by atoms with van der Waals surface area (Å²) in [4.78, 5) is 22.3. The number of carbonyl (C=O) groups excluding carboxylic acids is 2. The van der Waals surface area contributed by atoms with Gasteiger partial charge in [-0.05, 0) is 54.7 Å². The highest BCUT2D eigenvalue weighted by atomic mass is 80.0. The first-order valence-corrected chi connectivity index (χ1v) is 6.26. The molecule has 0 aliphatic carbocycles. The molecule has 0 unspecified atom stereocenters. The number of rotatable bonds is 3. The monoisotopic (exact) mass is 417 g/mol. The summed E-state index contributed by atoms with van der Waals surface area (Å²) in [5, 5.41) is 8.59. The van der Waals surface area contributed by atoms with Crippen LogP contribution in [-0.4, -0.2) is 20.7 Å². The first-order valence-electron chi connectivity index (χ1n) is 3.88. The van der Waals surface area contributed by atoms with Gasteiger partial charge >= 0.3 is 11.9 Å². The van der Waals surface area contributed by atoms with Crippen LogP contribution in [-0.2, 0) is 19.1 Å². The molecular weight excluding hydrogens is 414 g/mol. The summed E-state index contributed by atoms with van der Waals surface area (Å²) in [5.74, 6) is -1.62. The van der Waals surface area contributed by atoms with E-state index in [2.05, 4.69) is 57.3 Å². The lowest BCUT2D eigenvalue weighted by Gasteiger charge is -2.08. The molecule has 0 radical (unpaired) electrons. The number of nitrogens with zero attached hydrogens (tertiary/aromatic N) is 1. The normalized spacial score (nSPS) is 11.6. The Morgan fingerprint density at radius 2 is 2.00 bits per heavy atom. The fraction of sp³-hybridized carbons (Fsp3) is 0.375. The van der Waals surface area contributed by atoms with Gasteiger partial charge in [-0.2, -0.15) is 5.26 Å². The van der Waals surface area contributed by atoms with Crippen molar-refractivity contribution in [3.63, 3.8) is 0 Å². The van der Waals surface area contributed by atoms with Gasteiger partial charge in [-0.3, -0.25) is 0 Å². The molecule has 0 bridgehead atoms. The average Bonchev–Trinajstić information content (AvgIpc) is 2.17. The molecule has 8 heteroatoms. The summed E-state index contributed by atoms with van der Waals surface area (Å²) in [6.07, 6.45) is 0.735. The zero-order valence-electron chi connectivity index (χ0n) is 8.00. The van der Waals surface area contributed by atoms with Gasteiger partial charge in [-0.15, -0.1) is 0 Å². The molecule has 5 nitrogen and oxygen atoms in total. The van der Waals surface area contributed by atoms with Gasteiger partial charge in [0.05, 0.1) is 6.61 Å². The van der Waals surface area contributed by atoms with Crippen LogP contribution in [0.1, 0.15) is 6.92 Å². The van der Waals surface area contributed by atoms with Gasteiger partial charge in [0.2, 0.25) is 2.14 Å². The van der Waals surface area contributed by atoms with Gasteiger partial charge in [-0.1, -0.05) is 0 Å². The molecule has 16 heavy (non-hydrogen) atoms. The van der Waals surface area contributed by atoms with E-state index in [1.807, 2.05) is 0 Å². The van der Waals surface area contributed by atoms with E-state index < -0.39 is 19.7 Å². The van der Waals surface area contributed by atoms with Crippen molar-refractivity contribution in [3.05, 3.63) is 11.8 Å². The quantitative estimate of drug-likeness (QED) is 0.231. The number of hydrogen-bond acceptors (Lipinski definition) is 5. The standard InChI is InChI=1S/C8H6Br3NO4/c1-2-15-6(13)5(3-12)4-16-7(14)8(9,10)11/h4H,2H2,1H3/b5-4-. The van der Waals surface area contributed by atoms with Crippen molar-refractivity contribution < 1.29 is 19.1 Å². The Morgan fingerprint density at radius 1 is 1.44 bits per heavy atom. The fourth-order valence-electron chi connectivity index (χ4n) is 0.508. The Labute approximate surface area is 117 Å². The van der Waals surface area contributed by atoms with Gasteiger partial charge < -0.3 is 9.47 Å². The van der Waals surface area contributed by atoms with Crippen LogP contribution in [0.4, 0.5) is 0 Å². The van der Waals surface area contributed by atoms with Gasteiger partial charge in [0.15, 0.2) is 5.57 Å². The summed E-state index contributed by atoms with van der Waals surface area (Å²) in [7, 11) is 0. The second-order valence-corrected chi connectivity index (χ2v) is 9.03. The number of ether oxygens (including phenoxy) is 2. The van der Waals surface area contributed by atoms with Crippen molar-refractivity contribution in [3.8, 4) is 6.07 Å². The minimum atomic E-state index is -1.25. The van der Waals surface area contributed by atoms with Gasteiger partial charge in [0, 0.05) is 0 Å². The van der Waals surface area contributed by atoms with E-state index in [0.717, 1.165) is 6.26 Å². The van der Waals surface area contributed by atoms with Crippen LogP contribution >= 0.6 is 47.8 Å². The van der Waals surface area contributed by atoms with E-state index in [1.165, 1.54) is 0 Å². The van der Waals surface area contributed by atoms with E-state index in [-0.39, 0.29) is 6.61 Å². The highest BCUT2D eigenvalue weighted by Gasteiger charge is 2.30. The number of nitriles is 1. The molecule has 0 rings (SSSR count). The third-order valence-electron chi connectivity index (χ3n) is 1.13. The topological polar surface area (TPSA) is 76.4 Å². The van der Waals surface area contributed by atoms with Gasteiger partial charge in [-0.25, -0.2) is 9.59 Å². The smallest absolute Gasteiger partial charge is 0.352 e. The van der Waals surface area contributed by atoms with E-state index >= 15 is 0 Å². The van der Waals surface area contributed by atoms with Gasteiger partial charge in [0.1, 0.15) is 12.3 Å². The number of esters is 2. The zero-order chi connectivity index (χ0) is 12.8.